The molecule has 0 atom stereocenters. The fourth-order valence-corrected chi connectivity index (χ4v) is 0.699. The van der Waals surface area contributed by atoms with Gasteiger partial charge in [0, 0.05) is 18.8 Å². The van der Waals surface area contributed by atoms with Crippen molar-refractivity contribution in [3.8, 4) is 0 Å². The Morgan fingerprint density at radius 1 is 1.60 bits per heavy atom. The Kier molecular flexibility index (Phi) is 5.03. The predicted octanol–water partition coefficient (Wildman–Crippen LogP) is 1.75. The zero-order valence-electron chi connectivity index (χ0n) is 7.22. The Balaban J connectivity index is 3.50. The van der Waals surface area contributed by atoms with E-state index in [1.165, 1.54) is 0 Å². The topological polar surface area (TPSA) is 15.3 Å². The van der Waals surface area contributed by atoms with E-state index in [-0.39, 0.29) is 0 Å². The van der Waals surface area contributed by atoms with Gasteiger partial charge in [0.25, 0.3) is 0 Å². The summed E-state index contributed by atoms with van der Waals surface area (Å²) >= 11 is 0. The molecule has 0 amide bonds. The highest BCUT2D eigenvalue weighted by atomic mass is 15.5. The first-order chi connectivity index (χ1) is 4.72. The van der Waals surface area contributed by atoms with Crippen LogP contribution in [0.2, 0.25) is 0 Å². The highest BCUT2D eigenvalue weighted by molar-refractivity contribution is 4.69. The van der Waals surface area contributed by atoms with E-state index in [2.05, 4.69) is 32.8 Å². The molecule has 0 aromatic heterocycles. The van der Waals surface area contributed by atoms with Gasteiger partial charge in [0.2, 0.25) is 0 Å². The van der Waals surface area contributed by atoms with Crippen LogP contribution < -0.4 is 5.43 Å². The van der Waals surface area contributed by atoms with Gasteiger partial charge in [-0.25, -0.2) is 5.43 Å². The summed E-state index contributed by atoms with van der Waals surface area (Å²) in [5, 5.41) is 2.02. The van der Waals surface area contributed by atoms with Gasteiger partial charge < -0.3 is 5.01 Å². The van der Waals surface area contributed by atoms with Crippen molar-refractivity contribution in [3.63, 3.8) is 0 Å². The molecule has 0 unspecified atom stereocenters. The second-order valence-electron chi connectivity index (χ2n) is 2.59. The molecule has 0 aromatic rings. The molecule has 1 N–H and O–H groups in total. The van der Waals surface area contributed by atoms with Crippen LogP contribution in [0.15, 0.2) is 12.8 Å². The van der Waals surface area contributed by atoms with Crippen molar-refractivity contribution in [2.75, 3.05) is 6.54 Å². The summed E-state index contributed by atoms with van der Waals surface area (Å²) < 4.78 is 0. The number of hydrogen-bond acceptors (Lipinski definition) is 2. The third kappa shape index (κ3) is 3.51. The van der Waals surface area contributed by atoms with Crippen molar-refractivity contribution in [1.29, 1.82) is 0 Å². The van der Waals surface area contributed by atoms with Crippen LogP contribution >= 0.6 is 0 Å². The predicted molar refractivity (Wildman–Crippen MR) is 45.5 cm³/mol. The molecule has 0 rings (SSSR count). The standard InChI is InChI=1S/C8H18N2/c1-5-7-9-10(6-2)8(3)4/h6,8-9H,2,5,7H2,1,3-4H3. The largest absolute Gasteiger partial charge is 0.314 e. The second kappa shape index (κ2) is 5.30. The summed E-state index contributed by atoms with van der Waals surface area (Å²) in [6.45, 7) is 11.1. The summed E-state index contributed by atoms with van der Waals surface area (Å²) in [6, 6.07) is 0.490. The molecule has 0 aliphatic rings. The minimum Gasteiger partial charge on any atom is -0.314 e. The molecule has 0 heterocycles. The fourth-order valence-electron chi connectivity index (χ4n) is 0.699. The lowest BCUT2D eigenvalue weighted by Gasteiger charge is -2.24. The highest BCUT2D eigenvalue weighted by Gasteiger charge is 1.99. The van der Waals surface area contributed by atoms with Gasteiger partial charge in [-0.05, 0) is 20.3 Å². The number of rotatable bonds is 5. The van der Waals surface area contributed by atoms with Crippen LogP contribution in [0.25, 0.3) is 0 Å². The molecule has 0 aliphatic heterocycles. The SMILES string of the molecule is C=CN(NCCC)C(C)C. The van der Waals surface area contributed by atoms with Crippen LogP contribution in [-0.4, -0.2) is 17.6 Å². The summed E-state index contributed by atoms with van der Waals surface area (Å²) in [5.74, 6) is 0. The monoisotopic (exact) mass is 142 g/mol. The zero-order chi connectivity index (χ0) is 7.98. The van der Waals surface area contributed by atoms with Gasteiger partial charge in [0.15, 0.2) is 0 Å². The van der Waals surface area contributed by atoms with Gasteiger partial charge in [0.1, 0.15) is 0 Å². The molecular weight excluding hydrogens is 124 g/mol. The summed E-state index contributed by atoms with van der Waals surface area (Å²) in [6.07, 6.45) is 2.97. The molecule has 2 heteroatoms. The van der Waals surface area contributed by atoms with Crippen LogP contribution in [0.1, 0.15) is 27.2 Å². The Morgan fingerprint density at radius 3 is 2.50 bits per heavy atom. The quantitative estimate of drug-likeness (QED) is 0.588. The van der Waals surface area contributed by atoms with Gasteiger partial charge in [0.05, 0.1) is 0 Å². The van der Waals surface area contributed by atoms with Gasteiger partial charge >= 0.3 is 0 Å². The van der Waals surface area contributed by atoms with E-state index in [4.69, 9.17) is 0 Å². The molecular formula is C8H18N2. The fraction of sp³-hybridized carbons (Fsp3) is 0.750. The number of hydrazine groups is 1. The van der Waals surface area contributed by atoms with Crippen LogP contribution in [0.5, 0.6) is 0 Å². The van der Waals surface area contributed by atoms with E-state index in [1.807, 2.05) is 11.2 Å². The molecule has 0 aromatic carbocycles. The average molecular weight is 142 g/mol. The minimum absolute atomic E-state index is 0.490. The van der Waals surface area contributed by atoms with Crippen LogP contribution in [0, 0.1) is 0 Å². The molecule has 0 bridgehead atoms. The Hall–Kier alpha value is -0.500. The van der Waals surface area contributed by atoms with Gasteiger partial charge in [-0.2, -0.15) is 0 Å². The second-order valence-corrected chi connectivity index (χ2v) is 2.59. The highest BCUT2D eigenvalue weighted by Crippen LogP contribution is 1.92. The van der Waals surface area contributed by atoms with Crippen molar-refractivity contribution in [2.24, 2.45) is 0 Å². The summed E-state index contributed by atoms with van der Waals surface area (Å²) in [4.78, 5) is 0. The Labute approximate surface area is 63.9 Å². The van der Waals surface area contributed by atoms with Gasteiger partial charge in [-0.3, -0.25) is 0 Å². The van der Waals surface area contributed by atoms with Gasteiger partial charge in [-0.1, -0.05) is 13.5 Å². The third-order valence-electron chi connectivity index (χ3n) is 1.30. The van der Waals surface area contributed by atoms with Gasteiger partial charge in [-0.15, -0.1) is 0 Å². The summed E-state index contributed by atoms with van der Waals surface area (Å²) in [5.41, 5.74) is 3.23. The van der Waals surface area contributed by atoms with E-state index in [0.29, 0.717) is 6.04 Å². The number of nitrogens with zero attached hydrogens (tertiary/aromatic N) is 1. The lowest BCUT2D eigenvalue weighted by Crippen LogP contribution is -2.38. The molecule has 0 aliphatic carbocycles. The van der Waals surface area contributed by atoms with Crippen molar-refractivity contribution in [1.82, 2.24) is 10.4 Å². The first-order valence-electron chi connectivity index (χ1n) is 3.86. The average Bonchev–Trinajstić information content (AvgIpc) is 1.89. The van der Waals surface area contributed by atoms with Crippen molar-refractivity contribution < 1.29 is 0 Å². The Morgan fingerprint density at radius 2 is 2.20 bits per heavy atom. The molecule has 0 saturated heterocycles. The van der Waals surface area contributed by atoms with Crippen LogP contribution in [0.4, 0.5) is 0 Å². The number of nitrogens with one attached hydrogen (secondary N) is 1. The van der Waals surface area contributed by atoms with E-state index in [0.717, 1.165) is 13.0 Å². The lowest BCUT2D eigenvalue weighted by molar-refractivity contribution is 0.221. The maximum Gasteiger partial charge on any atom is 0.0391 e. The first kappa shape index (κ1) is 9.50. The first-order valence-corrected chi connectivity index (χ1v) is 3.86. The molecule has 60 valence electrons. The van der Waals surface area contributed by atoms with E-state index < -0.39 is 0 Å². The third-order valence-corrected chi connectivity index (χ3v) is 1.30. The maximum absolute atomic E-state index is 3.70. The molecule has 10 heavy (non-hydrogen) atoms. The van der Waals surface area contributed by atoms with E-state index in [9.17, 15) is 0 Å². The maximum atomic E-state index is 3.70. The van der Waals surface area contributed by atoms with E-state index in [1.54, 1.807) is 0 Å². The summed E-state index contributed by atoms with van der Waals surface area (Å²) in [7, 11) is 0. The molecule has 2 nitrogen and oxygen atoms in total. The lowest BCUT2D eigenvalue weighted by atomic mass is 10.4. The van der Waals surface area contributed by atoms with Crippen molar-refractivity contribution in [2.45, 2.75) is 33.2 Å². The minimum atomic E-state index is 0.490. The van der Waals surface area contributed by atoms with Crippen molar-refractivity contribution >= 4 is 0 Å². The Bertz CT molecular complexity index is 89.3. The molecule has 0 spiro atoms. The van der Waals surface area contributed by atoms with Crippen LogP contribution in [0.3, 0.4) is 0 Å². The molecule has 0 fully saturated rings. The normalized spacial score (nSPS) is 10.0. The zero-order valence-corrected chi connectivity index (χ0v) is 7.22. The van der Waals surface area contributed by atoms with E-state index >= 15 is 0 Å². The number of hydrogen-bond donors (Lipinski definition) is 1. The molecule has 0 radical (unpaired) electrons. The smallest absolute Gasteiger partial charge is 0.0391 e. The van der Waals surface area contributed by atoms with Crippen molar-refractivity contribution in [3.05, 3.63) is 12.8 Å². The molecule has 0 saturated carbocycles. The van der Waals surface area contributed by atoms with Crippen LogP contribution in [-0.2, 0) is 0 Å².